The predicted octanol–water partition coefficient (Wildman–Crippen LogP) is 0.982. The van der Waals surface area contributed by atoms with Gasteiger partial charge in [0.25, 0.3) is 0 Å². The van der Waals surface area contributed by atoms with Crippen LogP contribution < -0.4 is 0 Å². The van der Waals surface area contributed by atoms with Crippen LogP contribution in [0.5, 0.6) is 0 Å². The van der Waals surface area contributed by atoms with E-state index in [9.17, 15) is 0 Å². The summed E-state index contributed by atoms with van der Waals surface area (Å²) in [6, 6.07) is 9.62. The minimum atomic E-state index is 0.161. The third kappa shape index (κ3) is 3.17. The molecular weight excluding hydrogens is 176 g/mol. The van der Waals surface area contributed by atoms with E-state index in [-0.39, 0.29) is 6.61 Å². The summed E-state index contributed by atoms with van der Waals surface area (Å²) >= 11 is 0. The monoisotopic (exact) mass is 190 g/mol. The number of hydrogen-bond donors (Lipinski definition) is 1. The molecule has 0 aliphatic carbocycles. The molecular formula is C11H14N2O. The standard InChI is InChI=1S/C11H14N2O/c1-13(5-6-14)9-11-4-2-3-10(7-11)8-12/h2-4,7,14H,5-6,9H2,1H3. The Kier molecular flexibility index (Phi) is 4.11. The number of nitrogens with zero attached hydrogens (tertiary/aromatic N) is 2. The van der Waals surface area contributed by atoms with Crippen LogP contribution in [0.3, 0.4) is 0 Å². The quantitative estimate of drug-likeness (QED) is 0.770. The highest BCUT2D eigenvalue weighted by Crippen LogP contribution is 2.06. The van der Waals surface area contributed by atoms with E-state index in [4.69, 9.17) is 10.4 Å². The number of aliphatic hydroxyl groups excluding tert-OH is 1. The molecule has 0 spiro atoms. The van der Waals surface area contributed by atoms with E-state index >= 15 is 0 Å². The summed E-state index contributed by atoms with van der Waals surface area (Å²) in [5.74, 6) is 0. The van der Waals surface area contributed by atoms with Gasteiger partial charge in [-0.05, 0) is 24.7 Å². The molecule has 0 bridgehead atoms. The molecule has 74 valence electrons. The molecule has 14 heavy (non-hydrogen) atoms. The van der Waals surface area contributed by atoms with Crippen molar-refractivity contribution in [2.45, 2.75) is 6.54 Å². The third-order valence-corrected chi connectivity index (χ3v) is 1.99. The topological polar surface area (TPSA) is 47.3 Å². The molecule has 1 aromatic carbocycles. The van der Waals surface area contributed by atoms with Gasteiger partial charge in [0.05, 0.1) is 18.2 Å². The molecule has 3 heteroatoms. The van der Waals surface area contributed by atoms with Crippen LogP contribution in [0, 0.1) is 11.3 Å². The van der Waals surface area contributed by atoms with Gasteiger partial charge in [-0.2, -0.15) is 5.26 Å². The maximum absolute atomic E-state index is 8.72. The number of hydrogen-bond acceptors (Lipinski definition) is 3. The minimum absolute atomic E-state index is 0.161. The van der Waals surface area contributed by atoms with Crippen LogP contribution in [0.25, 0.3) is 0 Å². The minimum Gasteiger partial charge on any atom is -0.395 e. The number of likely N-dealkylation sites (N-methyl/N-ethyl adjacent to an activating group) is 1. The Bertz CT molecular complexity index is 330. The summed E-state index contributed by atoms with van der Waals surface area (Å²) in [6.45, 7) is 1.57. The van der Waals surface area contributed by atoms with Crippen LogP contribution in [0.2, 0.25) is 0 Å². The lowest BCUT2D eigenvalue weighted by atomic mass is 10.1. The summed E-state index contributed by atoms with van der Waals surface area (Å²) in [6.07, 6.45) is 0. The third-order valence-electron chi connectivity index (χ3n) is 1.99. The average molecular weight is 190 g/mol. The van der Waals surface area contributed by atoms with Gasteiger partial charge in [0, 0.05) is 13.1 Å². The van der Waals surface area contributed by atoms with Crippen molar-refractivity contribution in [2.24, 2.45) is 0 Å². The Morgan fingerprint density at radius 3 is 2.93 bits per heavy atom. The second-order valence-corrected chi connectivity index (χ2v) is 3.27. The molecule has 0 amide bonds. The van der Waals surface area contributed by atoms with Crippen LogP contribution in [-0.4, -0.2) is 30.2 Å². The maximum atomic E-state index is 8.72. The molecule has 3 nitrogen and oxygen atoms in total. The van der Waals surface area contributed by atoms with Crippen molar-refractivity contribution in [3.63, 3.8) is 0 Å². The second-order valence-electron chi connectivity index (χ2n) is 3.27. The molecule has 0 saturated carbocycles. The van der Waals surface area contributed by atoms with E-state index in [1.807, 2.05) is 30.1 Å². The first-order valence-electron chi connectivity index (χ1n) is 4.54. The first kappa shape index (κ1) is 10.7. The fraction of sp³-hybridized carbons (Fsp3) is 0.364. The lowest BCUT2D eigenvalue weighted by Gasteiger charge is -2.14. The van der Waals surface area contributed by atoms with E-state index in [0.29, 0.717) is 12.1 Å². The number of benzene rings is 1. The Morgan fingerprint density at radius 1 is 1.50 bits per heavy atom. The molecule has 0 fully saturated rings. The number of nitriles is 1. The van der Waals surface area contributed by atoms with Gasteiger partial charge in [-0.15, -0.1) is 0 Å². The number of rotatable bonds is 4. The van der Waals surface area contributed by atoms with Gasteiger partial charge < -0.3 is 5.11 Å². The van der Waals surface area contributed by atoms with Gasteiger partial charge in [-0.25, -0.2) is 0 Å². The molecule has 0 heterocycles. The highest BCUT2D eigenvalue weighted by Gasteiger charge is 1.99. The SMILES string of the molecule is CN(CCO)Cc1cccc(C#N)c1. The van der Waals surface area contributed by atoms with Gasteiger partial charge in [0.15, 0.2) is 0 Å². The van der Waals surface area contributed by atoms with Crippen LogP contribution >= 0.6 is 0 Å². The molecule has 0 aliphatic rings. The summed E-state index contributed by atoms with van der Waals surface area (Å²) in [5.41, 5.74) is 1.78. The normalized spacial score (nSPS) is 10.1. The van der Waals surface area contributed by atoms with Crippen molar-refractivity contribution in [1.29, 1.82) is 5.26 Å². The van der Waals surface area contributed by atoms with Crippen molar-refractivity contribution >= 4 is 0 Å². The highest BCUT2D eigenvalue weighted by atomic mass is 16.3. The maximum Gasteiger partial charge on any atom is 0.0991 e. The van der Waals surface area contributed by atoms with Gasteiger partial charge >= 0.3 is 0 Å². The largest absolute Gasteiger partial charge is 0.395 e. The molecule has 0 saturated heterocycles. The zero-order valence-electron chi connectivity index (χ0n) is 8.27. The molecule has 1 N–H and O–H groups in total. The van der Waals surface area contributed by atoms with Crippen molar-refractivity contribution in [3.8, 4) is 6.07 Å². The second kappa shape index (κ2) is 5.38. The fourth-order valence-electron chi connectivity index (χ4n) is 1.30. The van der Waals surface area contributed by atoms with Crippen LogP contribution in [-0.2, 0) is 6.54 Å². The van der Waals surface area contributed by atoms with Crippen molar-refractivity contribution in [1.82, 2.24) is 4.90 Å². The first-order chi connectivity index (χ1) is 6.76. The van der Waals surface area contributed by atoms with Crippen molar-refractivity contribution in [2.75, 3.05) is 20.2 Å². The van der Waals surface area contributed by atoms with E-state index in [0.717, 1.165) is 12.1 Å². The first-order valence-corrected chi connectivity index (χ1v) is 4.54. The van der Waals surface area contributed by atoms with E-state index in [2.05, 4.69) is 6.07 Å². The fourth-order valence-corrected chi connectivity index (χ4v) is 1.30. The van der Waals surface area contributed by atoms with Gasteiger partial charge in [0.2, 0.25) is 0 Å². The van der Waals surface area contributed by atoms with E-state index in [1.165, 1.54) is 0 Å². The predicted molar refractivity (Wildman–Crippen MR) is 54.6 cm³/mol. The molecule has 0 unspecified atom stereocenters. The summed E-state index contributed by atoms with van der Waals surface area (Å²) in [5, 5.41) is 17.4. The van der Waals surface area contributed by atoms with Gasteiger partial charge in [-0.1, -0.05) is 12.1 Å². The van der Waals surface area contributed by atoms with Crippen molar-refractivity contribution < 1.29 is 5.11 Å². The van der Waals surface area contributed by atoms with Crippen LogP contribution in [0.1, 0.15) is 11.1 Å². The molecule has 1 rings (SSSR count). The lowest BCUT2D eigenvalue weighted by molar-refractivity contribution is 0.217. The number of aliphatic hydroxyl groups is 1. The van der Waals surface area contributed by atoms with E-state index in [1.54, 1.807) is 6.07 Å². The van der Waals surface area contributed by atoms with Crippen LogP contribution in [0.15, 0.2) is 24.3 Å². The lowest BCUT2D eigenvalue weighted by Crippen LogP contribution is -2.21. The molecule has 0 aliphatic heterocycles. The Hall–Kier alpha value is -1.37. The van der Waals surface area contributed by atoms with E-state index < -0.39 is 0 Å². The summed E-state index contributed by atoms with van der Waals surface area (Å²) in [7, 11) is 1.94. The Balaban J connectivity index is 2.63. The van der Waals surface area contributed by atoms with Gasteiger partial charge in [-0.3, -0.25) is 4.90 Å². The highest BCUT2D eigenvalue weighted by molar-refractivity contribution is 5.32. The molecule has 0 atom stereocenters. The van der Waals surface area contributed by atoms with Crippen molar-refractivity contribution in [3.05, 3.63) is 35.4 Å². The molecule has 1 aromatic rings. The average Bonchev–Trinajstić information content (AvgIpc) is 2.18. The van der Waals surface area contributed by atoms with Gasteiger partial charge in [0.1, 0.15) is 0 Å². The zero-order valence-corrected chi connectivity index (χ0v) is 8.27. The molecule has 0 radical (unpaired) electrons. The Morgan fingerprint density at radius 2 is 2.29 bits per heavy atom. The smallest absolute Gasteiger partial charge is 0.0991 e. The summed E-state index contributed by atoms with van der Waals surface area (Å²) < 4.78 is 0. The Labute approximate surface area is 84.2 Å². The summed E-state index contributed by atoms with van der Waals surface area (Å²) in [4.78, 5) is 2.01. The zero-order chi connectivity index (χ0) is 10.4. The molecule has 0 aromatic heterocycles. The van der Waals surface area contributed by atoms with Crippen LogP contribution in [0.4, 0.5) is 0 Å².